The monoisotopic (exact) mass is 263 g/mol. The summed E-state index contributed by atoms with van der Waals surface area (Å²) in [4.78, 5) is 2.29. The van der Waals surface area contributed by atoms with Gasteiger partial charge in [-0.15, -0.1) is 0 Å². The predicted molar refractivity (Wildman–Crippen MR) is 71.7 cm³/mol. The lowest BCUT2D eigenvalue weighted by atomic mass is 10.0. The van der Waals surface area contributed by atoms with Gasteiger partial charge in [0.15, 0.2) is 0 Å². The molecule has 1 aromatic carbocycles. The maximum absolute atomic E-state index is 10.2. The van der Waals surface area contributed by atoms with Crippen LogP contribution in [0.1, 0.15) is 24.5 Å². The van der Waals surface area contributed by atoms with E-state index in [1.165, 1.54) is 0 Å². The summed E-state index contributed by atoms with van der Waals surface area (Å²) in [7, 11) is 0. The molecule has 4 nitrogen and oxygen atoms in total. The number of aromatic hydroxyl groups is 1. The van der Waals surface area contributed by atoms with Crippen molar-refractivity contribution < 1.29 is 15.3 Å². The van der Waals surface area contributed by atoms with E-state index in [1.54, 1.807) is 24.3 Å². The number of phenols is 1. The fraction of sp³-hybridized carbons (Fsp3) is 0.600. The second kappa shape index (κ2) is 5.12. The first-order valence-electron chi connectivity index (χ1n) is 6.99. The predicted octanol–water partition coefficient (Wildman–Crippen LogP) is 1.13. The van der Waals surface area contributed by atoms with Crippen LogP contribution in [0.25, 0.3) is 0 Å². The van der Waals surface area contributed by atoms with Crippen molar-refractivity contribution in [3.8, 4) is 5.75 Å². The van der Waals surface area contributed by atoms with Gasteiger partial charge in [0, 0.05) is 19.6 Å². The molecule has 3 rings (SSSR count). The summed E-state index contributed by atoms with van der Waals surface area (Å²) < 4.78 is 0. The number of rotatable bonds is 3. The van der Waals surface area contributed by atoms with Crippen LogP contribution in [0.4, 0.5) is 0 Å². The van der Waals surface area contributed by atoms with Crippen LogP contribution in [-0.2, 0) is 0 Å². The number of aliphatic hydroxyl groups excluding tert-OH is 2. The zero-order valence-electron chi connectivity index (χ0n) is 10.9. The van der Waals surface area contributed by atoms with Gasteiger partial charge in [-0.1, -0.05) is 12.1 Å². The summed E-state index contributed by atoms with van der Waals surface area (Å²) in [5, 5.41) is 29.1. The second-order valence-electron chi connectivity index (χ2n) is 5.97. The highest BCUT2D eigenvalue weighted by Gasteiger charge is 2.40. The van der Waals surface area contributed by atoms with Gasteiger partial charge in [-0.25, -0.2) is 0 Å². The molecule has 19 heavy (non-hydrogen) atoms. The molecule has 1 aromatic rings. The second-order valence-corrected chi connectivity index (χ2v) is 5.97. The first kappa shape index (κ1) is 12.9. The molecular weight excluding hydrogens is 242 g/mol. The van der Waals surface area contributed by atoms with Gasteiger partial charge in [-0.2, -0.15) is 0 Å². The summed E-state index contributed by atoms with van der Waals surface area (Å²) in [6.07, 6.45) is 1.20. The number of fused-ring (bicyclic) bond motifs is 1. The minimum atomic E-state index is -0.510. The molecule has 1 heterocycles. The van der Waals surface area contributed by atoms with Crippen molar-refractivity contribution in [1.82, 2.24) is 4.90 Å². The van der Waals surface area contributed by atoms with Crippen molar-refractivity contribution >= 4 is 0 Å². The van der Waals surface area contributed by atoms with E-state index in [0.717, 1.165) is 31.5 Å². The molecule has 0 amide bonds. The molecule has 3 N–H and O–H groups in total. The third kappa shape index (κ3) is 2.76. The Morgan fingerprint density at radius 1 is 1.11 bits per heavy atom. The van der Waals surface area contributed by atoms with Crippen molar-refractivity contribution in [1.29, 1.82) is 0 Å². The molecule has 1 saturated carbocycles. The fourth-order valence-electron chi connectivity index (χ4n) is 3.56. The van der Waals surface area contributed by atoms with Crippen LogP contribution in [0.3, 0.4) is 0 Å². The van der Waals surface area contributed by atoms with E-state index in [2.05, 4.69) is 4.90 Å². The molecule has 0 radical (unpaired) electrons. The van der Waals surface area contributed by atoms with Gasteiger partial charge in [-0.05, 0) is 42.4 Å². The van der Waals surface area contributed by atoms with Gasteiger partial charge >= 0.3 is 0 Å². The zero-order chi connectivity index (χ0) is 13.4. The number of nitrogens with zero attached hydrogens (tertiary/aromatic N) is 1. The van der Waals surface area contributed by atoms with Gasteiger partial charge in [0.05, 0.1) is 12.2 Å². The molecular formula is C15H21NO3. The number of benzene rings is 1. The maximum Gasteiger partial charge on any atom is 0.115 e. The highest BCUT2D eigenvalue weighted by molar-refractivity contribution is 5.27. The van der Waals surface area contributed by atoms with E-state index in [4.69, 9.17) is 0 Å². The highest BCUT2D eigenvalue weighted by Crippen LogP contribution is 2.38. The minimum Gasteiger partial charge on any atom is -0.508 e. The summed E-state index contributed by atoms with van der Waals surface area (Å²) in [6, 6.07) is 6.74. The van der Waals surface area contributed by atoms with E-state index in [1.807, 2.05) is 0 Å². The Bertz CT molecular complexity index is 420. The average Bonchev–Trinajstić information content (AvgIpc) is 2.86. The zero-order valence-corrected chi connectivity index (χ0v) is 10.9. The van der Waals surface area contributed by atoms with Crippen LogP contribution in [0, 0.1) is 11.8 Å². The Hall–Kier alpha value is -1.10. The van der Waals surface area contributed by atoms with Crippen LogP contribution < -0.4 is 0 Å². The normalized spacial score (nSPS) is 32.4. The lowest BCUT2D eigenvalue weighted by molar-refractivity contribution is 0.113. The molecule has 4 atom stereocenters. The highest BCUT2D eigenvalue weighted by atomic mass is 16.3. The van der Waals surface area contributed by atoms with Crippen molar-refractivity contribution in [2.24, 2.45) is 11.8 Å². The maximum atomic E-state index is 10.2. The van der Waals surface area contributed by atoms with Gasteiger partial charge in [0.1, 0.15) is 5.75 Å². The van der Waals surface area contributed by atoms with Crippen LogP contribution in [-0.4, -0.2) is 46.0 Å². The number of likely N-dealkylation sites (tertiary alicyclic amines) is 1. The first-order valence-corrected chi connectivity index (χ1v) is 6.99. The molecule has 104 valence electrons. The van der Waals surface area contributed by atoms with Crippen molar-refractivity contribution in [3.63, 3.8) is 0 Å². The third-order valence-corrected chi connectivity index (χ3v) is 4.51. The topological polar surface area (TPSA) is 63.9 Å². The SMILES string of the molecule is Oc1ccc(C(O)CN2C[C@H]3CC(O)C[C@H]3C2)cc1. The molecule has 4 heteroatoms. The Balaban J connectivity index is 1.56. The lowest BCUT2D eigenvalue weighted by Crippen LogP contribution is -2.28. The standard InChI is InChI=1S/C15H21NO3/c17-13-3-1-10(2-4-13)15(19)9-16-7-11-5-14(18)6-12(11)8-16/h1-4,11-12,14-15,17-19H,5-9H2/t11-,12+,14?,15?. The number of hydrogen-bond donors (Lipinski definition) is 3. The number of hydrogen-bond acceptors (Lipinski definition) is 4. The molecule has 1 saturated heterocycles. The molecule has 1 aliphatic carbocycles. The summed E-state index contributed by atoms with van der Waals surface area (Å²) in [6.45, 7) is 2.60. The van der Waals surface area contributed by atoms with E-state index in [9.17, 15) is 15.3 Å². The summed E-state index contributed by atoms with van der Waals surface area (Å²) in [5.41, 5.74) is 0.842. The molecule has 0 spiro atoms. The largest absolute Gasteiger partial charge is 0.508 e. The van der Waals surface area contributed by atoms with Gasteiger partial charge < -0.3 is 15.3 Å². The van der Waals surface area contributed by atoms with Crippen LogP contribution in [0.5, 0.6) is 5.75 Å². The van der Waals surface area contributed by atoms with E-state index < -0.39 is 6.10 Å². The Labute approximate surface area is 113 Å². The molecule has 0 bridgehead atoms. The van der Waals surface area contributed by atoms with Crippen LogP contribution in [0.15, 0.2) is 24.3 Å². The van der Waals surface area contributed by atoms with Crippen LogP contribution in [0.2, 0.25) is 0 Å². The van der Waals surface area contributed by atoms with Crippen LogP contribution >= 0.6 is 0 Å². The Morgan fingerprint density at radius 2 is 1.68 bits per heavy atom. The van der Waals surface area contributed by atoms with E-state index in [0.29, 0.717) is 18.4 Å². The van der Waals surface area contributed by atoms with Crippen molar-refractivity contribution in [2.75, 3.05) is 19.6 Å². The quantitative estimate of drug-likeness (QED) is 0.765. The van der Waals surface area contributed by atoms with Gasteiger partial charge in [-0.3, -0.25) is 4.90 Å². The average molecular weight is 263 g/mol. The number of β-amino-alcohol motifs (C(OH)–C–C–N with tert-alkyl or cyclic N) is 1. The summed E-state index contributed by atoms with van der Waals surface area (Å²) in [5.74, 6) is 1.42. The fourth-order valence-corrected chi connectivity index (χ4v) is 3.56. The summed E-state index contributed by atoms with van der Waals surface area (Å²) >= 11 is 0. The molecule has 2 aliphatic rings. The van der Waals surface area contributed by atoms with Crippen molar-refractivity contribution in [2.45, 2.75) is 25.0 Å². The molecule has 0 aromatic heterocycles. The molecule has 2 unspecified atom stereocenters. The smallest absolute Gasteiger partial charge is 0.115 e. The van der Waals surface area contributed by atoms with Crippen molar-refractivity contribution in [3.05, 3.63) is 29.8 Å². The van der Waals surface area contributed by atoms with Gasteiger partial charge in [0.25, 0.3) is 0 Å². The number of aliphatic hydroxyl groups is 2. The molecule has 2 fully saturated rings. The minimum absolute atomic E-state index is 0.112. The first-order chi connectivity index (χ1) is 9.11. The lowest BCUT2D eigenvalue weighted by Gasteiger charge is -2.21. The van der Waals surface area contributed by atoms with Gasteiger partial charge in [0.2, 0.25) is 0 Å². The Kier molecular flexibility index (Phi) is 3.48. The third-order valence-electron chi connectivity index (χ3n) is 4.51. The van der Waals surface area contributed by atoms with E-state index in [-0.39, 0.29) is 11.9 Å². The molecule has 1 aliphatic heterocycles. The number of phenolic OH excluding ortho intramolecular Hbond substituents is 1. The van der Waals surface area contributed by atoms with E-state index >= 15 is 0 Å². The Morgan fingerprint density at radius 3 is 2.26 bits per heavy atom.